The fraction of sp³-hybridized carbons (Fsp3) is 0.125. The SMILES string of the molecule is COC(=O)CSc1nc2ccccc2c2nc(-c3ccco3)nn12. The summed E-state index contributed by atoms with van der Waals surface area (Å²) < 4.78 is 11.7. The number of furan rings is 1. The largest absolute Gasteiger partial charge is 0.468 e. The second-order valence-corrected chi connectivity index (χ2v) is 5.87. The van der Waals surface area contributed by atoms with Crippen LogP contribution in [-0.4, -0.2) is 38.4 Å². The minimum atomic E-state index is -0.325. The molecule has 120 valence electrons. The number of thioether (sulfide) groups is 1. The van der Waals surface area contributed by atoms with Crippen LogP contribution in [0.1, 0.15) is 0 Å². The maximum atomic E-state index is 11.4. The van der Waals surface area contributed by atoms with E-state index in [-0.39, 0.29) is 11.7 Å². The minimum absolute atomic E-state index is 0.146. The average molecular weight is 340 g/mol. The number of nitrogens with zero attached hydrogens (tertiary/aromatic N) is 4. The molecule has 0 aliphatic heterocycles. The summed E-state index contributed by atoms with van der Waals surface area (Å²) in [5, 5.41) is 5.93. The number of hydrogen-bond acceptors (Lipinski definition) is 7. The normalized spacial score (nSPS) is 11.2. The molecule has 0 aliphatic carbocycles. The number of benzene rings is 1. The van der Waals surface area contributed by atoms with Crippen molar-refractivity contribution in [2.45, 2.75) is 5.16 Å². The van der Waals surface area contributed by atoms with Crippen LogP contribution in [0.5, 0.6) is 0 Å². The Morgan fingerprint density at radius 3 is 2.92 bits per heavy atom. The highest BCUT2D eigenvalue weighted by Gasteiger charge is 2.16. The third kappa shape index (κ3) is 2.50. The lowest BCUT2D eigenvalue weighted by Crippen LogP contribution is -2.06. The van der Waals surface area contributed by atoms with E-state index in [4.69, 9.17) is 4.42 Å². The third-order valence-corrected chi connectivity index (χ3v) is 4.34. The number of para-hydroxylation sites is 1. The van der Waals surface area contributed by atoms with Gasteiger partial charge in [0.2, 0.25) is 5.82 Å². The molecule has 0 saturated carbocycles. The van der Waals surface area contributed by atoms with Gasteiger partial charge in [0.15, 0.2) is 16.6 Å². The quantitative estimate of drug-likeness (QED) is 0.321. The van der Waals surface area contributed by atoms with Crippen LogP contribution in [0.2, 0.25) is 0 Å². The summed E-state index contributed by atoms with van der Waals surface area (Å²) in [6.45, 7) is 0. The Hall–Kier alpha value is -2.87. The molecule has 0 amide bonds. The van der Waals surface area contributed by atoms with Crippen LogP contribution >= 0.6 is 11.8 Å². The number of esters is 1. The number of aromatic nitrogens is 4. The molecule has 3 aromatic heterocycles. The molecule has 1 aromatic carbocycles. The van der Waals surface area contributed by atoms with Crippen LogP contribution in [0.4, 0.5) is 0 Å². The predicted molar refractivity (Wildman–Crippen MR) is 88.7 cm³/mol. The zero-order chi connectivity index (χ0) is 16.5. The maximum absolute atomic E-state index is 11.4. The van der Waals surface area contributed by atoms with Crippen LogP contribution in [0.25, 0.3) is 28.1 Å². The Bertz CT molecular complexity index is 1030. The Balaban J connectivity index is 1.90. The molecule has 4 rings (SSSR count). The third-order valence-electron chi connectivity index (χ3n) is 3.44. The first-order valence-electron chi connectivity index (χ1n) is 7.15. The first kappa shape index (κ1) is 14.7. The molecule has 8 heteroatoms. The number of hydrogen-bond donors (Lipinski definition) is 0. The van der Waals surface area contributed by atoms with Crippen LogP contribution in [0, 0.1) is 0 Å². The molecule has 0 saturated heterocycles. The van der Waals surface area contributed by atoms with E-state index in [1.54, 1.807) is 22.9 Å². The van der Waals surface area contributed by atoms with E-state index in [1.807, 2.05) is 24.3 Å². The van der Waals surface area contributed by atoms with Gasteiger partial charge in [-0.3, -0.25) is 4.79 Å². The molecule has 0 N–H and O–H groups in total. The van der Waals surface area contributed by atoms with E-state index in [0.29, 0.717) is 22.4 Å². The van der Waals surface area contributed by atoms with Gasteiger partial charge in [0.05, 0.1) is 24.6 Å². The van der Waals surface area contributed by atoms with Crippen molar-refractivity contribution in [3.8, 4) is 11.6 Å². The van der Waals surface area contributed by atoms with E-state index in [9.17, 15) is 4.79 Å². The topological polar surface area (TPSA) is 82.5 Å². The lowest BCUT2D eigenvalue weighted by Gasteiger charge is -2.05. The molecule has 0 atom stereocenters. The molecule has 7 nitrogen and oxygen atoms in total. The smallest absolute Gasteiger partial charge is 0.316 e. The van der Waals surface area contributed by atoms with E-state index in [0.717, 1.165) is 10.9 Å². The van der Waals surface area contributed by atoms with Crippen LogP contribution in [0.3, 0.4) is 0 Å². The first-order chi connectivity index (χ1) is 11.8. The number of carbonyl (C=O) groups excluding carboxylic acids is 1. The molecule has 0 unspecified atom stereocenters. The molecule has 0 fully saturated rings. The van der Waals surface area contributed by atoms with Crippen molar-refractivity contribution in [2.75, 3.05) is 12.9 Å². The van der Waals surface area contributed by atoms with Crippen molar-refractivity contribution in [1.82, 2.24) is 19.6 Å². The molecule has 4 aromatic rings. The number of rotatable bonds is 4. The second-order valence-electron chi connectivity index (χ2n) is 4.92. The van der Waals surface area contributed by atoms with Crippen LogP contribution < -0.4 is 0 Å². The van der Waals surface area contributed by atoms with Gasteiger partial charge in [-0.15, -0.1) is 5.10 Å². The highest BCUT2D eigenvalue weighted by Crippen LogP contribution is 2.26. The summed E-state index contributed by atoms with van der Waals surface area (Å²) in [6.07, 6.45) is 1.57. The summed E-state index contributed by atoms with van der Waals surface area (Å²) in [4.78, 5) is 20.6. The van der Waals surface area contributed by atoms with E-state index in [1.165, 1.54) is 18.9 Å². The van der Waals surface area contributed by atoms with Crippen molar-refractivity contribution in [2.24, 2.45) is 0 Å². The molecule has 0 bridgehead atoms. The number of carbonyl (C=O) groups is 1. The fourth-order valence-electron chi connectivity index (χ4n) is 2.32. The van der Waals surface area contributed by atoms with Crippen molar-refractivity contribution in [1.29, 1.82) is 0 Å². The second kappa shape index (κ2) is 5.97. The first-order valence-corrected chi connectivity index (χ1v) is 8.14. The maximum Gasteiger partial charge on any atom is 0.316 e. The molecule has 3 heterocycles. The van der Waals surface area contributed by atoms with Gasteiger partial charge in [-0.1, -0.05) is 23.9 Å². The summed E-state index contributed by atoms with van der Waals surface area (Å²) >= 11 is 1.25. The predicted octanol–water partition coefficient (Wildman–Crippen LogP) is 2.80. The molecular formula is C16H12N4O3S. The van der Waals surface area contributed by atoms with Gasteiger partial charge in [0.25, 0.3) is 0 Å². The Labute approximate surface area is 140 Å². The fourth-order valence-corrected chi connectivity index (χ4v) is 3.09. The molecular weight excluding hydrogens is 328 g/mol. The van der Waals surface area contributed by atoms with E-state index < -0.39 is 0 Å². The highest BCUT2D eigenvalue weighted by atomic mass is 32.2. The molecule has 24 heavy (non-hydrogen) atoms. The monoisotopic (exact) mass is 340 g/mol. The summed E-state index contributed by atoms with van der Waals surface area (Å²) in [7, 11) is 1.36. The van der Waals surface area contributed by atoms with Gasteiger partial charge < -0.3 is 9.15 Å². The molecule has 0 spiro atoms. The molecule has 0 radical (unpaired) electrons. The minimum Gasteiger partial charge on any atom is -0.468 e. The van der Waals surface area contributed by atoms with Crippen molar-refractivity contribution < 1.29 is 13.9 Å². The van der Waals surface area contributed by atoms with Gasteiger partial charge >= 0.3 is 5.97 Å². The Morgan fingerprint density at radius 2 is 2.12 bits per heavy atom. The summed E-state index contributed by atoms with van der Waals surface area (Å²) in [5.41, 5.74) is 1.45. The average Bonchev–Trinajstić information content (AvgIpc) is 3.28. The number of ether oxygens (including phenoxy) is 1. The Morgan fingerprint density at radius 1 is 1.25 bits per heavy atom. The lowest BCUT2D eigenvalue weighted by molar-refractivity contribution is -0.137. The van der Waals surface area contributed by atoms with Gasteiger partial charge in [-0.2, -0.15) is 4.52 Å². The van der Waals surface area contributed by atoms with Gasteiger partial charge in [0, 0.05) is 5.39 Å². The van der Waals surface area contributed by atoms with Crippen LogP contribution in [-0.2, 0) is 9.53 Å². The zero-order valence-electron chi connectivity index (χ0n) is 12.7. The molecule has 0 aliphatic rings. The van der Waals surface area contributed by atoms with E-state index in [2.05, 4.69) is 19.8 Å². The van der Waals surface area contributed by atoms with Gasteiger partial charge in [0.1, 0.15) is 0 Å². The zero-order valence-corrected chi connectivity index (χ0v) is 13.5. The number of methoxy groups -OCH3 is 1. The Kier molecular flexibility index (Phi) is 3.66. The van der Waals surface area contributed by atoms with Crippen molar-refractivity contribution in [3.63, 3.8) is 0 Å². The van der Waals surface area contributed by atoms with E-state index >= 15 is 0 Å². The summed E-state index contributed by atoms with van der Waals surface area (Å²) in [6, 6.07) is 11.2. The van der Waals surface area contributed by atoms with Gasteiger partial charge in [-0.05, 0) is 24.3 Å². The lowest BCUT2D eigenvalue weighted by atomic mass is 10.2. The highest BCUT2D eigenvalue weighted by molar-refractivity contribution is 7.99. The van der Waals surface area contributed by atoms with Crippen molar-refractivity contribution >= 4 is 34.3 Å². The number of fused-ring (bicyclic) bond motifs is 3. The standard InChI is InChI=1S/C16H12N4O3S/c1-22-13(21)9-24-16-17-11-6-3-2-5-10(11)15-18-14(19-20(15)16)12-7-4-8-23-12/h2-8H,9H2,1H3. The van der Waals surface area contributed by atoms with Crippen LogP contribution in [0.15, 0.2) is 52.2 Å². The van der Waals surface area contributed by atoms with Crippen molar-refractivity contribution in [3.05, 3.63) is 42.7 Å². The van der Waals surface area contributed by atoms with Gasteiger partial charge in [-0.25, -0.2) is 9.97 Å². The summed E-state index contributed by atoms with van der Waals surface area (Å²) in [5.74, 6) is 0.867.